The highest BCUT2D eigenvalue weighted by molar-refractivity contribution is 6.01. The van der Waals surface area contributed by atoms with Crippen LogP contribution < -0.4 is 0 Å². The summed E-state index contributed by atoms with van der Waals surface area (Å²) in [6.07, 6.45) is 4.57. The highest BCUT2D eigenvalue weighted by Crippen LogP contribution is 2.34. The van der Waals surface area contributed by atoms with Crippen molar-refractivity contribution in [2.45, 2.75) is 58.9 Å². The van der Waals surface area contributed by atoms with Gasteiger partial charge in [0.1, 0.15) is 5.69 Å². The first-order valence-corrected chi connectivity index (χ1v) is 12.7. The molecule has 2 fully saturated rings. The molecule has 4 heteroatoms. The van der Waals surface area contributed by atoms with E-state index in [9.17, 15) is 4.79 Å². The fourth-order valence-electron chi connectivity index (χ4n) is 5.99. The van der Waals surface area contributed by atoms with Crippen LogP contribution in [0.3, 0.4) is 0 Å². The van der Waals surface area contributed by atoms with Gasteiger partial charge in [-0.25, -0.2) is 0 Å². The van der Waals surface area contributed by atoms with Gasteiger partial charge in [-0.3, -0.25) is 9.69 Å². The number of benzene rings is 2. The fourth-order valence-corrected chi connectivity index (χ4v) is 5.99. The van der Waals surface area contributed by atoms with Crippen LogP contribution in [0.4, 0.5) is 0 Å². The van der Waals surface area contributed by atoms with Gasteiger partial charge < -0.3 is 9.88 Å². The third-order valence-corrected chi connectivity index (χ3v) is 8.02. The van der Waals surface area contributed by atoms with Gasteiger partial charge in [0.05, 0.1) is 0 Å². The quantitative estimate of drug-likeness (QED) is 0.534. The van der Waals surface area contributed by atoms with Crippen molar-refractivity contribution in [2.24, 2.45) is 5.92 Å². The van der Waals surface area contributed by atoms with E-state index in [-0.39, 0.29) is 5.91 Å². The number of amides is 1. The molecule has 2 aliphatic heterocycles. The van der Waals surface area contributed by atoms with E-state index in [0.717, 1.165) is 62.7 Å². The van der Waals surface area contributed by atoms with Crippen LogP contribution in [-0.2, 0) is 6.54 Å². The van der Waals surface area contributed by atoms with E-state index >= 15 is 0 Å². The average molecular weight is 444 g/mol. The predicted octanol–water partition coefficient (Wildman–Crippen LogP) is 6.04. The minimum Gasteiger partial charge on any atom is -0.350 e. The molecule has 33 heavy (non-hydrogen) atoms. The molecular weight excluding hydrogens is 406 g/mol. The number of hydrogen-bond acceptors (Lipinski definition) is 2. The molecule has 1 N–H and O–H groups in total. The Bertz CT molecular complexity index is 1110. The average Bonchev–Trinajstić information content (AvgIpc) is 3.18. The smallest absolute Gasteiger partial charge is 0.270 e. The lowest BCUT2D eigenvalue weighted by molar-refractivity contribution is 0.0689. The Kier molecular flexibility index (Phi) is 6.29. The number of hydrogen-bond donors (Lipinski definition) is 1. The number of aromatic amines is 1. The molecule has 2 aromatic carbocycles. The lowest BCUT2D eigenvalue weighted by Gasteiger charge is -2.34. The second kappa shape index (κ2) is 9.34. The molecule has 5 rings (SSSR count). The van der Waals surface area contributed by atoms with Crippen LogP contribution in [0.5, 0.6) is 0 Å². The van der Waals surface area contributed by atoms with Crippen LogP contribution in [0.1, 0.15) is 71.3 Å². The van der Waals surface area contributed by atoms with Gasteiger partial charge in [-0.1, -0.05) is 43.3 Å². The normalized spacial score (nSPS) is 18.8. The summed E-state index contributed by atoms with van der Waals surface area (Å²) < 4.78 is 0. The molecule has 3 aromatic rings. The van der Waals surface area contributed by atoms with Gasteiger partial charge in [0.2, 0.25) is 0 Å². The predicted molar refractivity (Wildman–Crippen MR) is 136 cm³/mol. The summed E-state index contributed by atoms with van der Waals surface area (Å²) in [7, 11) is 0. The molecule has 0 spiro atoms. The van der Waals surface area contributed by atoms with Crippen molar-refractivity contribution >= 4 is 16.8 Å². The summed E-state index contributed by atoms with van der Waals surface area (Å²) in [5, 5.41) is 1.20. The first kappa shape index (κ1) is 22.2. The number of nitrogens with zero attached hydrogens (tertiary/aromatic N) is 2. The fraction of sp³-hybridized carbons (Fsp3) is 0.483. The number of rotatable bonds is 4. The van der Waals surface area contributed by atoms with Crippen molar-refractivity contribution in [3.63, 3.8) is 0 Å². The van der Waals surface area contributed by atoms with Crippen LogP contribution in [0.15, 0.2) is 42.5 Å². The van der Waals surface area contributed by atoms with Crippen LogP contribution in [0.25, 0.3) is 10.9 Å². The maximum Gasteiger partial charge on any atom is 0.270 e. The lowest BCUT2D eigenvalue weighted by atomic mass is 9.84. The lowest BCUT2D eigenvalue weighted by Crippen LogP contribution is -2.39. The third-order valence-electron chi connectivity index (χ3n) is 8.02. The van der Waals surface area contributed by atoms with E-state index < -0.39 is 0 Å². The van der Waals surface area contributed by atoms with Crippen molar-refractivity contribution in [1.29, 1.82) is 0 Å². The second-order valence-corrected chi connectivity index (χ2v) is 10.4. The molecule has 3 heterocycles. The number of fused-ring (bicyclic) bond motifs is 1. The zero-order chi connectivity index (χ0) is 22.9. The molecule has 1 aromatic heterocycles. The van der Waals surface area contributed by atoms with E-state index in [1.54, 1.807) is 5.56 Å². The van der Waals surface area contributed by atoms with Gasteiger partial charge in [-0.05, 0) is 87.2 Å². The highest BCUT2D eigenvalue weighted by atomic mass is 16.2. The van der Waals surface area contributed by atoms with Crippen LogP contribution >= 0.6 is 0 Å². The van der Waals surface area contributed by atoms with Gasteiger partial charge in [0.25, 0.3) is 5.91 Å². The van der Waals surface area contributed by atoms with Crippen molar-refractivity contribution in [1.82, 2.24) is 14.8 Å². The Morgan fingerprint density at radius 3 is 2.27 bits per heavy atom. The minimum atomic E-state index is 0.179. The molecule has 2 aliphatic rings. The van der Waals surface area contributed by atoms with Crippen molar-refractivity contribution in [3.8, 4) is 0 Å². The summed E-state index contributed by atoms with van der Waals surface area (Å²) in [5.41, 5.74) is 7.47. The topological polar surface area (TPSA) is 39.3 Å². The maximum atomic E-state index is 13.5. The SMILES string of the molecule is Cc1cccc(C)c1C1CCN(Cc2c(C(=O)N3CCC(C)CC3)[nH]c3ccccc23)CC1. The molecule has 4 nitrogen and oxygen atoms in total. The number of nitrogens with one attached hydrogen (secondary N) is 1. The van der Waals surface area contributed by atoms with E-state index in [1.807, 2.05) is 0 Å². The van der Waals surface area contributed by atoms with Crippen molar-refractivity contribution in [2.75, 3.05) is 26.2 Å². The zero-order valence-corrected chi connectivity index (χ0v) is 20.4. The molecule has 0 radical (unpaired) electrons. The Balaban J connectivity index is 1.35. The van der Waals surface area contributed by atoms with Gasteiger partial charge in [-0.2, -0.15) is 0 Å². The Hall–Kier alpha value is -2.59. The van der Waals surface area contributed by atoms with Crippen LogP contribution in [-0.4, -0.2) is 46.9 Å². The van der Waals surface area contributed by atoms with Crippen molar-refractivity contribution < 1.29 is 4.79 Å². The largest absolute Gasteiger partial charge is 0.350 e. The Labute approximate surface area is 198 Å². The summed E-state index contributed by atoms with van der Waals surface area (Å²) >= 11 is 0. The Morgan fingerprint density at radius 1 is 0.909 bits per heavy atom. The molecule has 0 atom stereocenters. The number of H-pyrrole nitrogens is 1. The van der Waals surface area contributed by atoms with Crippen LogP contribution in [0, 0.1) is 19.8 Å². The molecule has 2 saturated heterocycles. The van der Waals surface area contributed by atoms with Gasteiger partial charge in [-0.15, -0.1) is 0 Å². The Morgan fingerprint density at radius 2 is 1.58 bits per heavy atom. The maximum absolute atomic E-state index is 13.5. The first-order chi connectivity index (χ1) is 16.0. The minimum absolute atomic E-state index is 0.179. The highest BCUT2D eigenvalue weighted by Gasteiger charge is 2.28. The van der Waals surface area contributed by atoms with Gasteiger partial charge in [0, 0.05) is 36.1 Å². The molecule has 0 saturated carbocycles. The molecule has 174 valence electrons. The number of carbonyl (C=O) groups excluding carboxylic acids is 1. The van der Waals surface area contributed by atoms with E-state index in [4.69, 9.17) is 0 Å². The van der Waals surface area contributed by atoms with Crippen molar-refractivity contribution in [3.05, 3.63) is 70.4 Å². The van der Waals surface area contributed by atoms with Crippen LogP contribution in [0.2, 0.25) is 0 Å². The zero-order valence-electron chi connectivity index (χ0n) is 20.4. The summed E-state index contributed by atoms with van der Waals surface area (Å²) in [6.45, 7) is 11.5. The van der Waals surface area contributed by atoms with E-state index in [1.165, 1.54) is 34.9 Å². The molecule has 0 unspecified atom stereocenters. The molecule has 1 amide bonds. The second-order valence-electron chi connectivity index (χ2n) is 10.4. The first-order valence-electron chi connectivity index (χ1n) is 12.7. The monoisotopic (exact) mass is 443 g/mol. The molecule has 0 aliphatic carbocycles. The standard InChI is InChI=1S/C29H37N3O/c1-20-11-17-32(18-12-20)29(33)28-25(24-9-4-5-10-26(24)30-28)19-31-15-13-23(14-16-31)27-21(2)7-6-8-22(27)3/h4-10,20,23,30H,11-19H2,1-3H3. The third kappa shape index (κ3) is 4.46. The molecule has 0 bridgehead atoms. The van der Waals surface area contributed by atoms with Gasteiger partial charge in [0.15, 0.2) is 0 Å². The van der Waals surface area contributed by atoms with E-state index in [2.05, 4.69) is 78.0 Å². The van der Waals surface area contributed by atoms with Gasteiger partial charge >= 0.3 is 0 Å². The number of likely N-dealkylation sites (tertiary alicyclic amines) is 2. The number of aromatic nitrogens is 1. The summed E-state index contributed by atoms with van der Waals surface area (Å²) in [6, 6.07) is 15.1. The molecular formula is C29H37N3O. The number of aryl methyl sites for hydroxylation is 2. The summed E-state index contributed by atoms with van der Waals surface area (Å²) in [5.74, 6) is 1.54. The van der Waals surface area contributed by atoms with E-state index in [0.29, 0.717) is 5.92 Å². The number of para-hydroxylation sites is 1. The number of carbonyl (C=O) groups is 1. The number of piperidine rings is 2. The summed E-state index contributed by atoms with van der Waals surface area (Å²) in [4.78, 5) is 21.6.